The molecule has 0 saturated heterocycles. The van der Waals surface area contributed by atoms with Crippen molar-refractivity contribution in [1.29, 1.82) is 0 Å². The topological polar surface area (TPSA) is 40.5 Å². The maximum atomic E-state index is 13.3. The molecule has 136 valence electrons. The van der Waals surface area contributed by atoms with Crippen molar-refractivity contribution < 1.29 is 9.90 Å². The molecule has 0 radical (unpaired) electrons. The third-order valence-electron chi connectivity index (χ3n) is 4.63. The molecule has 1 unspecified atom stereocenters. The summed E-state index contributed by atoms with van der Waals surface area (Å²) in [5.74, 6) is -0.494. The Balaban J connectivity index is 1.80. The summed E-state index contributed by atoms with van der Waals surface area (Å²) in [6.07, 6.45) is 0.488. The number of nitrogens with zero attached hydrogens (tertiary/aromatic N) is 1. The largest absolute Gasteiger partial charge is 0.508 e. The Hall–Kier alpha value is -2.01. The summed E-state index contributed by atoms with van der Waals surface area (Å²) in [4.78, 5) is 14.9. The molecule has 6 heteroatoms. The zero-order valence-electron chi connectivity index (χ0n) is 14.0. The Bertz CT molecular complexity index is 1020. The summed E-state index contributed by atoms with van der Waals surface area (Å²) in [6.45, 7) is 0. The van der Waals surface area contributed by atoms with Crippen LogP contribution in [-0.4, -0.2) is 11.0 Å². The van der Waals surface area contributed by atoms with E-state index in [1.54, 1.807) is 35.2 Å². The van der Waals surface area contributed by atoms with Crippen molar-refractivity contribution in [2.45, 2.75) is 12.3 Å². The standard InChI is InChI=1S/C21H14BrCl2NO2/c22-13-6-4-12(5-7-13)8-17-20-18(2-1-3-19(20)26)25(21(17)27)16-10-14(23)9-15(24)11-16/h1-7,9-11,17,26H,8H2. The second kappa shape index (κ2) is 7.19. The molecule has 1 amide bonds. The quantitative estimate of drug-likeness (QED) is 0.484. The molecule has 0 bridgehead atoms. The maximum absolute atomic E-state index is 13.3. The van der Waals surface area contributed by atoms with Gasteiger partial charge in [0.15, 0.2) is 0 Å². The molecule has 27 heavy (non-hydrogen) atoms. The van der Waals surface area contributed by atoms with Crippen molar-refractivity contribution in [3.05, 3.63) is 86.3 Å². The van der Waals surface area contributed by atoms with E-state index in [0.29, 0.717) is 33.4 Å². The highest BCUT2D eigenvalue weighted by atomic mass is 79.9. The smallest absolute Gasteiger partial charge is 0.239 e. The van der Waals surface area contributed by atoms with Gasteiger partial charge >= 0.3 is 0 Å². The monoisotopic (exact) mass is 461 g/mol. The molecule has 0 aliphatic carbocycles. The number of phenolic OH excluding ortho intramolecular Hbond substituents is 1. The molecule has 4 rings (SSSR count). The Kier molecular flexibility index (Phi) is 4.89. The number of hydrogen-bond donors (Lipinski definition) is 1. The third kappa shape index (κ3) is 3.45. The van der Waals surface area contributed by atoms with Crippen LogP contribution < -0.4 is 4.90 Å². The van der Waals surface area contributed by atoms with Crippen molar-refractivity contribution in [3.8, 4) is 5.75 Å². The van der Waals surface area contributed by atoms with Gasteiger partial charge in [-0.2, -0.15) is 0 Å². The first-order chi connectivity index (χ1) is 12.9. The van der Waals surface area contributed by atoms with E-state index < -0.39 is 5.92 Å². The minimum atomic E-state index is -0.486. The van der Waals surface area contributed by atoms with Crippen LogP contribution in [0.2, 0.25) is 10.0 Å². The highest BCUT2D eigenvalue weighted by Crippen LogP contribution is 2.47. The minimum absolute atomic E-state index is 0.110. The molecular weight excluding hydrogens is 449 g/mol. The lowest BCUT2D eigenvalue weighted by atomic mass is 9.92. The fraction of sp³-hybridized carbons (Fsp3) is 0.0952. The van der Waals surface area contributed by atoms with Gasteiger partial charge in [-0.25, -0.2) is 0 Å². The Labute approximate surface area is 175 Å². The van der Waals surface area contributed by atoms with Crippen LogP contribution in [-0.2, 0) is 11.2 Å². The van der Waals surface area contributed by atoms with Gasteiger partial charge in [-0.15, -0.1) is 0 Å². The average Bonchev–Trinajstić information content (AvgIpc) is 2.89. The van der Waals surface area contributed by atoms with Crippen molar-refractivity contribution in [2.75, 3.05) is 4.90 Å². The molecule has 3 nitrogen and oxygen atoms in total. The summed E-state index contributed by atoms with van der Waals surface area (Å²) in [5.41, 5.74) is 2.88. The van der Waals surface area contributed by atoms with E-state index in [9.17, 15) is 9.90 Å². The number of amides is 1. The van der Waals surface area contributed by atoms with Gasteiger partial charge in [-0.1, -0.05) is 57.3 Å². The van der Waals surface area contributed by atoms with Gasteiger partial charge in [0, 0.05) is 20.1 Å². The molecule has 1 heterocycles. The first kappa shape index (κ1) is 18.4. The zero-order chi connectivity index (χ0) is 19.1. The van der Waals surface area contributed by atoms with Crippen molar-refractivity contribution >= 4 is 56.4 Å². The second-order valence-corrected chi connectivity index (χ2v) is 8.18. The second-order valence-electron chi connectivity index (χ2n) is 6.39. The number of anilines is 2. The van der Waals surface area contributed by atoms with E-state index in [4.69, 9.17) is 23.2 Å². The lowest BCUT2D eigenvalue weighted by Gasteiger charge is -2.19. The summed E-state index contributed by atoms with van der Waals surface area (Å²) >= 11 is 15.7. The molecule has 1 aliphatic rings. The Morgan fingerprint density at radius 2 is 1.67 bits per heavy atom. The highest BCUT2D eigenvalue weighted by Gasteiger charge is 2.40. The van der Waals surface area contributed by atoms with Crippen LogP contribution in [0.15, 0.2) is 65.1 Å². The fourth-order valence-electron chi connectivity index (χ4n) is 3.47. The molecular formula is C21H14BrCl2NO2. The van der Waals surface area contributed by atoms with Crippen molar-refractivity contribution in [1.82, 2.24) is 0 Å². The van der Waals surface area contributed by atoms with E-state index in [0.717, 1.165) is 10.0 Å². The molecule has 1 N–H and O–H groups in total. The van der Waals surface area contributed by atoms with Gasteiger partial charge in [-0.3, -0.25) is 9.69 Å². The van der Waals surface area contributed by atoms with Gasteiger partial charge < -0.3 is 5.11 Å². The summed E-state index contributed by atoms with van der Waals surface area (Å²) in [6, 6.07) is 18.0. The lowest BCUT2D eigenvalue weighted by Crippen LogP contribution is -2.24. The molecule has 1 aliphatic heterocycles. The SMILES string of the molecule is O=C1C(Cc2ccc(Br)cc2)c2c(O)cccc2N1c1cc(Cl)cc(Cl)c1. The van der Waals surface area contributed by atoms with E-state index in [-0.39, 0.29) is 11.7 Å². The number of hydrogen-bond acceptors (Lipinski definition) is 2. The van der Waals surface area contributed by atoms with Crippen molar-refractivity contribution in [2.24, 2.45) is 0 Å². The predicted octanol–water partition coefficient (Wildman–Crippen LogP) is 6.47. The van der Waals surface area contributed by atoms with Crippen LogP contribution in [0, 0.1) is 0 Å². The number of benzene rings is 3. The third-order valence-corrected chi connectivity index (χ3v) is 5.59. The van der Waals surface area contributed by atoms with Gasteiger partial charge in [0.05, 0.1) is 17.3 Å². The van der Waals surface area contributed by atoms with Gasteiger partial charge in [0.1, 0.15) is 5.75 Å². The molecule has 0 aromatic heterocycles. The van der Waals surface area contributed by atoms with Crippen LogP contribution >= 0.6 is 39.1 Å². The maximum Gasteiger partial charge on any atom is 0.239 e. The zero-order valence-corrected chi connectivity index (χ0v) is 17.1. The number of aromatic hydroxyl groups is 1. The first-order valence-corrected chi connectivity index (χ1v) is 9.85. The molecule has 0 saturated carbocycles. The molecule has 0 spiro atoms. The van der Waals surface area contributed by atoms with E-state index in [1.165, 1.54) is 0 Å². The lowest BCUT2D eigenvalue weighted by molar-refractivity contribution is -0.118. The average molecular weight is 463 g/mol. The summed E-state index contributed by atoms with van der Waals surface area (Å²) in [5, 5.41) is 11.4. The van der Waals surface area contributed by atoms with E-state index in [1.807, 2.05) is 30.3 Å². The molecule has 1 atom stereocenters. The number of halogens is 3. The van der Waals surface area contributed by atoms with Crippen LogP contribution in [0.4, 0.5) is 11.4 Å². The van der Waals surface area contributed by atoms with Crippen LogP contribution in [0.3, 0.4) is 0 Å². The first-order valence-electron chi connectivity index (χ1n) is 8.30. The highest BCUT2D eigenvalue weighted by molar-refractivity contribution is 9.10. The van der Waals surface area contributed by atoms with Crippen LogP contribution in [0.1, 0.15) is 17.0 Å². The van der Waals surface area contributed by atoms with E-state index in [2.05, 4.69) is 15.9 Å². The van der Waals surface area contributed by atoms with E-state index >= 15 is 0 Å². The summed E-state index contributed by atoms with van der Waals surface area (Å²) < 4.78 is 0.974. The summed E-state index contributed by atoms with van der Waals surface area (Å²) in [7, 11) is 0. The van der Waals surface area contributed by atoms with Crippen molar-refractivity contribution in [3.63, 3.8) is 0 Å². The van der Waals surface area contributed by atoms with Gasteiger partial charge in [0.25, 0.3) is 0 Å². The minimum Gasteiger partial charge on any atom is -0.508 e. The Morgan fingerprint density at radius 1 is 1.00 bits per heavy atom. The van der Waals surface area contributed by atoms with Gasteiger partial charge in [0.2, 0.25) is 5.91 Å². The van der Waals surface area contributed by atoms with Crippen LogP contribution in [0.5, 0.6) is 5.75 Å². The predicted molar refractivity (Wildman–Crippen MR) is 112 cm³/mol. The number of carbonyl (C=O) groups is 1. The normalized spacial score (nSPS) is 15.9. The number of carbonyl (C=O) groups excluding carboxylic acids is 1. The fourth-order valence-corrected chi connectivity index (χ4v) is 4.25. The van der Waals surface area contributed by atoms with Crippen LogP contribution in [0.25, 0.3) is 0 Å². The number of phenols is 1. The number of rotatable bonds is 3. The molecule has 0 fully saturated rings. The van der Waals surface area contributed by atoms with Gasteiger partial charge in [-0.05, 0) is 54.4 Å². The molecule has 3 aromatic carbocycles. The molecule has 3 aromatic rings. The number of fused-ring (bicyclic) bond motifs is 1. The Morgan fingerprint density at radius 3 is 2.33 bits per heavy atom.